The predicted molar refractivity (Wildman–Crippen MR) is 99.6 cm³/mol. The minimum atomic E-state index is 0.281. The second-order valence-electron chi connectivity index (χ2n) is 7.33. The number of nitrogens with zero attached hydrogens (tertiary/aromatic N) is 2. The lowest BCUT2D eigenvalue weighted by atomic mass is 10.1. The second-order valence-corrected chi connectivity index (χ2v) is 7.33. The van der Waals surface area contributed by atoms with E-state index in [1.165, 1.54) is 18.4 Å². The van der Waals surface area contributed by atoms with Crippen molar-refractivity contribution >= 4 is 11.9 Å². The maximum Gasteiger partial charge on any atom is 0.225 e. The van der Waals surface area contributed by atoms with Crippen LogP contribution in [0.3, 0.4) is 0 Å². The van der Waals surface area contributed by atoms with E-state index in [1.807, 2.05) is 4.90 Å². The van der Waals surface area contributed by atoms with Crippen LogP contribution in [0.2, 0.25) is 0 Å². The Labute approximate surface area is 151 Å². The van der Waals surface area contributed by atoms with Gasteiger partial charge < -0.3 is 20.3 Å². The van der Waals surface area contributed by atoms with E-state index in [0.717, 1.165) is 70.9 Å². The van der Waals surface area contributed by atoms with E-state index in [1.54, 1.807) is 7.05 Å². The zero-order valence-electron chi connectivity index (χ0n) is 15.4. The normalized spacial score (nSPS) is 25.2. The molecule has 6 heteroatoms. The largest absolute Gasteiger partial charge is 0.377 e. The van der Waals surface area contributed by atoms with Gasteiger partial charge in [-0.1, -0.05) is 24.5 Å². The molecule has 1 saturated carbocycles. The van der Waals surface area contributed by atoms with E-state index in [4.69, 9.17) is 4.74 Å². The highest BCUT2D eigenvalue weighted by Gasteiger charge is 2.32. The summed E-state index contributed by atoms with van der Waals surface area (Å²) >= 11 is 0. The van der Waals surface area contributed by atoms with Crippen molar-refractivity contribution in [2.75, 3.05) is 39.9 Å². The van der Waals surface area contributed by atoms with Crippen LogP contribution in [-0.2, 0) is 9.53 Å². The number of carbonyl (C=O) groups is 1. The maximum absolute atomic E-state index is 12.5. The average molecular weight is 348 g/mol. The summed E-state index contributed by atoms with van der Waals surface area (Å²) in [7, 11) is 1.81. The van der Waals surface area contributed by atoms with Crippen LogP contribution in [0.15, 0.2) is 16.6 Å². The predicted octanol–water partition coefficient (Wildman–Crippen LogP) is 1.68. The third-order valence-electron chi connectivity index (χ3n) is 5.56. The zero-order valence-corrected chi connectivity index (χ0v) is 15.4. The Kier molecular flexibility index (Phi) is 6.73. The zero-order chi connectivity index (χ0) is 17.5. The minimum absolute atomic E-state index is 0.281. The van der Waals surface area contributed by atoms with Crippen molar-refractivity contribution in [2.24, 2.45) is 10.9 Å². The van der Waals surface area contributed by atoms with Gasteiger partial charge in [0.05, 0.1) is 13.2 Å². The number of guanidine groups is 1. The summed E-state index contributed by atoms with van der Waals surface area (Å²) in [5.41, 5.74) is 1.46. The highest BCUT2D eigenvalue weighted by molar-refractivity contribution is 5.81. The molecular weight excluding hydrogens is 316 g/mol. The fraction of sp³-hybridized carbons (Fsp3) is 0.789. The van der Waals surface area contributed by atoms with E-state index in [-0.39, 0.29) is 5.92 Å². The summed E-state index contributed by atoms with van der Waals surface area (Å²) in [5.74, 6) is 1.49. The Morgan fingerprint density at radius 2 is 2.20 bits per heavy atom. The van der Waals surface area contributed by atoms with Crippen LogP contribution in [0, 0.1) is 5.92 Å². The van der Waals surface area contributed by atoms with Crippen molar-refractivity contribution in [3.63, 3.8) is 0 Å². The summed E-state index contributed by atoms with van der Waals surface area (Å²) in [4.78, 5) is 18.9. The Hall–Kier alpha value is -1.56. The van der Waals surface area contributed by atoms with Crippen LogP contribution in [-0.4, -0.2) is 62.7 Å². The molecule has 3 aliphatic rings. The first-order valence-corrected chi connectivity index (χ1v) is 9.78. The van der Waals surface area contributed by atoms with Gasteiger partial charge in [-0.25, -0.2) is 0 Å². The number of amides is 1. The molecule has 2 N–H and O–H groups in total. The van der Waals surface area contributed by atoms with Gasteiger partial charge in [-0.15, -0.1) is 0 Å². The van der Waals surface area contributed by atoms with E-state index in [2.05, 4.69) is 21.7 Å². The lowest BCUT2D eigenvalue weighted by molar-refractivity contribution is -0.134. The number of carbonyl (C=O) groups excluding carboxylic acids is 1. The van der Waals surface area contributed by atoms with Gasteiger partial charge in [-0.05, 0) is 32.1 Å². The quantitative estimate of drug-likeness (QED) is 0.451. The molecule has 0 spiro atoms. The summed E-state index contributed by atoms with van der Waals surface area (Å²) in [6.07, 6.45) is 9.84. The molecule has 1 unspecified atom stereocenters. The molecular formula is C19H32N4O2. The van der Waals surface area contributed by atoms with Crippen LogP contribution in [0.5, 0.6) is 0 Å². The number of aliphatic imine (C=N–C) groups is 1. The van der Waals surface area contributed by atoms with Crippen LogP contribution in [0.4, 0.5) is 0 Å². The van der Waals surface area contributed by atoms with Gasteiger partial charge in [0, 0.05) is 38.6 Å². The summed E-state index contributed by atoms with van der Waals surface area (Å²) in [6.45, 7) is 4.14. The first-order valence-electron chi connectivity index (χ1n) is 9.78. The Morgan fingerprint density at radius 3 is 2.92 bits per heavy atom. The molecule has 1 saturated heterocycles. The van der Waals surface area contributed by atoms with E-state index in [9.17, 15) is 4.79 Å². The first-order chi connectivity index (χ1) is 12.3. The standard InChI is InChI=1S/C19H32N4O2/c1-20-19(21-10-6-15-8-12-25-13-9-15)22-17-7-11-23(14-17)18(24)16-4-2-3-5-16/h8,16-17H,2-7,9-14H2,1H3,(H2,20,21,22). The van der Waals surface area contributed by atoms with Gasteiger partial charge in [0.25, 0.3) is 0 Å². The molecule has 2 aliphatic heterocycles. The van der Waals surface area contributed by atoms with Crippen molar-refractivity contribution in [3.05, 3.63) is 11.6 Å². The van der Waals surface area contributed by atoms with Gasteiger partial charge >= 0.3 is 0 Å². The van der Waals surface area contributed by atoms with E-state index in [0.29, 0.717) is 11.9 Å². The summed E-state index contributed by atoms with van der Waals surface area (Å²) in [5, 5.41) is 6.88. The number of hydrogen-bond acceptors (Lipinski definition) is 3. The Morgan fingerprint density at radius 1 is 1.36 bits per heavy atom. The number of hydrogen-bond donors (Lipinski definition) is 2. The molecule has 2 heterocycles. The molecule has 1 aliphatic carbocycles. The number of likely N-dealkylation sites (tertiary alicyclic amines) is 1. The molecule has 140 valence electrons. The number of nitrogens with one attached hydrogen (secondary N) is 2. The molecule has 0 bridgehead atoms. The van der Waals surface area contributed by atoms with Crippen molar-refractivity contribution in [2.45, 2.75) is 51.0 Å². The highest BCUT2D eigenvalue weighted by atomic mass is 16.5. The van der Waals surface area contributed by atoms with Crippen LogP contribution >= 0.6 is 0 Å². The molecule has 0 radical (unpaired) electrons. The van der Waals surface area contributed by atoms with E-state index >= 15 is 0 Å². The highest BCUT2D eigenvalue weighted by Crippen LogP contribution is 2.27. The fourth-order valence-electron chi connectivity index (χ4n) is 4.03. The third-order valence-corrected chi connectivity index (χ3v) is 5.56. The minimum Gasteiger partial charge on any atom is -0.377 e. The molecule has 0 aromatic heterocycles. The second kappa shape index (κ2) is 9.22. The van der Waals surface area contributed by atoms with Crippen molar-refractivity contribution in [1.82, 2.24) is 15.5 Å². The lowest BCUT2D eigenvalue weighted by Gasteiger charge is -2.21. The summed E-state index contributed by atoms with van der Waals surface area (Å²) < 4.78 is 5.34. The molecule has 0 aromatic rings. The van der Waals surface area contributed by atoms with Crippen molar-refractivity contribution in [1.29, 1.82) is 0 Å². The molecule has 2 fully saturated rings. The maximum atomic E-state index is 12.5. The van der Waals surface area contributed by atoms with Crippen LogP contribution in [0.1, 0.15) is 44.9 Å². The monoisotopic (exact) mass is 348 g/mol. The molecule has 25 heavy (non-hydrogen) atoms. The van der Waals surface area contributed by atoms with Crippen LogP contribution < -0.4 is 10.6 Å². The lowest BCUT2D eigenvalue weighted by Crippen LogP contribution is -2.45. The molecule has 0 aromatic carbocycles. The average Bonchev–Trinajstić information content (AvgIpc) is 3.33. The molecule has 1 atom stereocenters. The van der Waals surface area contributed by atoms with Gasteiger partial charge in [0.1, 0.15) is 0 Å². The van der Waals surface area contributed by atoms with E-state index < -0.39 is 0 Å². The topological polar surface area (TPSA) is 66.0 Å². The Bertz CT molecular complexity index is 512. The fourth-order valence-corrected chi connectivity index (χ4v) is 4.03. The van der Waals surface area contributed by atoms with Gasteiger partial charge in [0.15, 0.2) is 5.96 Å². The first kappa shape index (κ1) is 18.2. The molecule has 6 nitrogen and oxygen atoms in total. The number of rotatable bonds is 5. The van der Waals surface area contributed by atoms with Crippen molar-refractivity contribution in [3.8, 4) is 0 Å². The SMILES string of the molecule is CN=C(NCCC1=CCOCC1)NC1CCN(C(=O)C2CCCC2)C1. The van der Waals surface area contributed by atoms with Crippen LogP contribution in [0.25, 0.3) is 0 Å². The Balaban J connectivity index is 1.38. The van der Waals surface area contributed by atoms with Gasteiger partial charge in [-0.2, -0.15) is 0 Å². The summed E-state index contributed by atoms with van der Waals surface area (Å²) in [6, 6.07) is 0.304. The molecule has 1 amide bonds. The van der Waals surface area contributed by atoms with Gasteiger partial charge in [-0.3, -0.25) is 9.79 Å². The van der Waals surface area contributed by atoms with Gasteiger partial charge in [0.2, 0.25) is 5.91 Å². The smallest absolute Gasteiger partial charge is 0.225 e. The third kappa shape index (κ3) is 5.21. The van der Waals surface area contributed by atoms with Crippen molar-refractivity contribution < 1.29 is 9.53 Å². The number of ether oxygens (including phenoxy) is 1. The molecule has 3 rings (SSSR count).